The topological polar surface area (TPSA) is 93.7 Å². The van der Waals surface area contributed by atoms with Gasteiger partial charge < -0.3 is 15.0 Å². The van der Waals surface area contributed by atoms with Gasteiger partial charge in [-0.05, 0) is 48.7 Å². The number of fused-ring (bicyclic) bond motifs is 2. The number of rotatable bonds is 5. The maximum atomic E-state index is 10.2. The number of nitrogens with one attached hydrogen (secondary N) is 1. The van der Waals surface area contributed by atoms with Crippen LogP contribution in [0.2, 0.25) is 0 Å². The summed E-state index contributed by atoms with van der Waals surface area (Å²) in [6.45, 7) is 0.733. The van der Waals surface area contributed by atoms with Crippen molar-refractivity contribution in [3.63, 3.8) is 0 Å². The number of hydrogen-bond donors (Lipinski definition) is 2. The molecule has 1 aliphatic carbocycles. The Morgan fingerprint density at radius 1 is 1.06 bits per heavy atom. The van der Waals surface area contributed by atoms with E-state index in [1.165, 1.54) is 11.9 Å². The molecule has 1 fully saturated rings. The van der Waals surface area contributed by atoms with E-state index in [9.17, 15) is 5.11 Å². The van der Waals surface area contributed by atoms with E-state index in [1.54, 1.807) is 22.3 Å². The van der Waals surface area contributed by atoms with E-state index >= 15 is 0 Å². The minimum Gasteiger partial charge on any atom is -0.391 e. The second kappa shape index (κ2) is 7.99. The van der Waals surface area contributed by atoms with Crippen LogP contribution in [0.4, 0.5) is 5.13 Å². The summed E-state index contributed by atoms with van der Waals surface area (Å²) in [7, 11) is 0. The first-order valence-corrected chi connectivity index (χ1v) is 11.7. The van der Waals surface area contributed by atoms with Crippen LogP contribution in [0.3, 0.4) is 0 Å². The summed E-state index contributed by atoms with van der Waals surface area (Å²) in [5, 5.41) is 18.8. The molecule has 0 bridgehead atoms. The van der Waals surface area contributed by atoms with E-state index in [1.807, 2.05) is 18.5 Å². The highest BCUT2D eigenvalue weighted by Gasteiger charge is 2.23. The molecule has 5 aromatic rings. The first kappa shape index (κ1) is 19.4. The quantitative estimate of drug-likeness (QED) is 0.425. The van der Waals surface area contributed by atoms with Crippen LogP contribution in [-0.4, -0.2) is 46.6 Å². The first-order chi connectivity index (χ1) is 15.7. The molecule has 0 saturated heterocycles. The van der Waals surface area contributed by atoms with Crippen LogP contribution in [0.25, 0.3) is 26.9 Å². The fourth-order valence-electron chi connectivity index (χ4n) is 4.43. The van der Waals surface area contributed by atoms with Gasteiger partial charge in [-0.15, -0.1) is 0 Å². The minimum absolute atomic E-state index is 0.100. The van der Waals surface area contributed by atoms with Crippen molar-refractivity contribution in [3.05, 3.63) is 60.9 Å². The fraction of sp³-hybridized carbons (Fsp3) is 0.304. The zero-order valence-corrected chi connectivity index (χ0v) is 18.2. The normalized spacial score (nSPS) is 19.0. The summed E-state index contributed by atoms with van der Waals surface area (Å²) < 4.78 is 5.03. The molecule has 32 heavy (non-hydrogen) atoms. The highest BCUT2D eigenvalue weighted by Crippen LogP contribution is 2.30. The zero-order valence-electron chi connectivity index (χ0n) is 17.4. The SMILES string of the molecule is OC1CCCCC1Nc1nc2ccc(Cn3cnc4cc(-n5cncn5)ccc43)cc2s1. The van der Waals surface area contributed by atoms with E-state index in [0.29, 0.717) is 0 Å². The molecule has 8 nitrogen and oxygen atoms in total. The Bertz CT molecular complexity index is 1370. The number of thiazole rings is 1. The Labute approximate surface area is 188 Å². The lowest BCUT2D eigenvalue weighted by atomic mass is 9.93. The van der Waals surface area contributed by atoms with E-state index in [4.69, 9.17) is 4.98 Å². The molecule has 3 aromatic heterocycles. The van der Waals surface area contributed by atoms with Crippen LogP contribution >= 0.6 is 11.3 Å². The molecule has 2 N–H and O–H groups in total. The number of imidazole rings is 1. The summed E-state index contributed by atoms with van der Waals surface area (Å²) in [6.07, 6.45) is 8.92. The monoisotopic (exact) mass is 445 g/mol. The molecular weight excluding hydrogens is 422 g/mol. The third-order valence-corrected chi connectivity index (χ3v) is 7.08. The van der Waals surface area contributed by atoms with Gasteiger partial charge in [0.05, 0.1) is 45.4 Å². The lowest BCUT2D eigenvalue weighted by Crippen LogP contribution is -2.36. The summed E-state index contributed by atoms with van der Waals surface area (Å²) in [5.74, 6) is 0. The van der Waals surface area contributed by atoms with Gasteiger partial charge >= 0.3 is 0 Å². The van der Waals surface area contributed by atoms with Crippen LogP contribution in [0, 0.1) is 0 Å². The molecule has 2 atom stereocenters. The van der Waals surface area contributed by atoms with Crippen molar-refractivity contribution in [1.29, 1.82) is 0 Å². The molecule has 1 aliphatic rings. The van der Waals surface area contributed by atoms with Crippen LogP contribution in [-0.2, 0) is 6.54 Å². The average molecular weight is 446 g/mol. The second-order valence-corrected chi connectivity index (χ2v) is 9.34. The highest BCUT2D eigenvalue weighted by atomic mass is 32.1. The molecule has 2 aromatic carbocycles. The Hall–Kier alpha value is -3.30. The molecule has 0 spiro atoms. The van der Waals surface area contributed by atoms with Crippen LogP contribution in [0.5, 0.6) is 0 Å². The Balaban J connectivity index is 1.23. The number of nitrogens with zero attached hydrogens (tertiary/aromatic N) is 6. The largest absolute Gasteiger partial charge is 0.391 e. The third-order valence-electron chi connectivity index (χ3n) is 6.13. The second-order valence-electron chi connectivity index (χ2n) is 8.31. The van der Waals surface area contributed by atoms with Crippen molar-refractivity contribution in [2.45, 2.75) is 44.4 Å². The van der Waals surface area contributed by atoms with Crippen molar-refractivity contribution in [2.24, 2.45) is 0 Å². The zero-order chi connectivity index (χ0) is 21.5. The van der Waals surface area contributed by atoms with Gasteiger partial charge in [0, 0.05) is 6.54 Å². The van der Waals surface area contributed by atoms with Crippen LogP contribution < -0.4 is 5.32 Å². The molecule has 0 aliphatic heterocycles. The minimum atomic E-state index is -0.286. The maximum Gasteiger partial charge on any atom is 0.184 e. The van der Waals surface area contributed by atoms with Gasteiger partial charge in [-0.2, -0.15) is 5.10 Å². The van der Waals surface area contributed by atoms with E-state index in [-0.39, 0.29) is 12.1 Å². The predicted molar refractivity (Wildman–Crippen MR) is 125 cm³/mol. The smallest absolute Gasteiger partial charge is 0.184 e. The van der Waals surface area contributed by atoms with Gasteiger partial charge in [-0.25, -0.2) is 19.6 Å². The predicted octanol–water partition coefficient (Wildman–Crippen LogP) is 3.99. The lowest BCUT2D eigenvalue weighted by molar-refractivity contribution is 0.116. The molecule has 0 radical (unpaired) electrons. The number of aromatic nitrogens is 6. The lowest BCUT2D eigenvalue weighted by Gasteiger charge is -2.27. The number of anilines is 1. The number of aliphatic hydroxyl groups is 1. The van der Waals surface area contributed by atoms with Gasteiger partial charge in [0.2, 0.25) is 0 Å². The van der Waals surface area contributed by atoms with E-state index in [2.05, 4.69) is 49.2 Å². The molecule has 1 saturated carbocycles. The van der Waals surface area contributed by atoms with Crippen molar-refractivity contribution in [1.82, 2.24) is 29.3 Å². The van der Waals surface area contributed by atoms with Gasteiger partial charge in [0.1, 0.15) is 12.7 Å². The van der Waals surface area contributed by atoms with Crippen molar-refractivity contribution < 1.29 is 5.11 Å². The number of benzene rings is 2. The summed E-state index contributed by atoms with van der Waals surface area (Å²) in [4.78, 5) is 13.3. The standard InChI is InChI=1S/C23H23N7OS/c31-21-4-2-1-3-17(21)27-23-28-18-7-5-15(9-22(18)32-23)11-29-14-25-19-10-16(6-8-20(19)29)30-13-24-12-26-30/h5-10,12-14,17,21,31H,1-4,11H2,(H,27,28). The number of aliphatic hydroxyl groups excluding tert-OH is 1. The van der Waals surface area contributed by atoms with Crippen LogP contribution in [0.1, 0.15) is 31.2 Å². The molecule has 0 amide bonds. The van der Waals surface area contributed by atoms with Crippen molar-refractivity contribution in [3.8, 4) is 5.69 Å². The molecular formula is C23H23N7OS. The summed E-state index contributed by atoms with van der Waals surface area (Å²) in [6, 6.07) is 12.6. The van der Waals surface area contributed by atoms with Crippen molar-refractivity contribution >= 4 is 37.7 Å². The molecule has 3 heterocycles. The molecule has 9 heteroatoms. The molecule has 6 rings (SSSR count). The third kappa shape index (κ3) is 3.63. The van der Waals surface area contributed by atoms with E-state index in [0.717, 1.165) is 64.3 Å². The number of hydrogen-bond acceptors (Lipinski definition) is 7. The average Bonchev–Trinajstić information content (AvgIpc) is 3.55. The fourth-order valence-corrected chi connectivity index (χ4v) is 5.42. The maximum absolute atomic E-state index is 10.2. The van der Waals surface area contributed by atoms with Gasteiger partial charge in [-0.3, -0.25) is 0 Å². The summed E-state index contributed by atoms with van der Waals surface area (Å²) >= 11 is 1.65. The molecule has 2 unspecified atom stereocenters. The Kier molecular flexibility index (Phi) is 4.84. The first-order valence-electron chi connectivity index (χ1n) is 10.9. The Morgan fingerprint density at radius 2 is 2.00 bits per heavy atom. The molecule has 162 valence electrons. The van der Waals surface area contributed by atoms with E-state index < -0.39 is 0 Å². The van der Waals surface area contributed by atoms with Crippen molar-refractivity contribution in [2.75, 3.05) is 5.32 Å². The van der Waals surface area contributed by atoms with Gasteiger partial charge in [0.15, 0.2) is 5.13 Å². The summed E-state index contributed by atoms with van der Waals surface area (Å²) in [5.41, 5.74) is 5.13. The van der Waals surface area contributed by atoms with Gasteiger partial charge in [-0.1, -0.05) is 30.2 Å². The van der Waals surface area contributed by atoms with Gasteiger partial charge in [0.25, 0.3) is 0 Å². The van der Waals surface area contributed by atoms with Crippen LogP contribution in [0.15, 0.2) is 55.4 Å². The highest BCUT2D eigenvalue weighted by molar-refractivity contribution is 7.22. The Morgan fingerprint density at radius 3 is 2.88 bits per heavy atom.